The first-order valence-corrected chi connectivity index (χ1v) is 10.0. The zero-order chi connectivity index (χ0) is 27.4. The van der Waals surface area contributed by atoms with Gasteiger partial charge in [-0.1, -0.05) is 0 Å². The topological polar surface area (TPSA) is 0 Å². The summed E-state index contributed by atoms with van der Waals surface area (Å²) in [4.78, 5) is 0. The van der Waals surface area contributed by atoms with Crippen LogP contribution < -0.4 is 21.9 Å². The van der Waals surface area contributed by atoms with E-state index in [1.807, 2.05) is 0 Å². The molecule has 4 aromatic carbocycles. The SMILES string of the molecule is Fc1cc(F)c([B-](c2c(F)cc(F)cc2F)(c2c(F)cc(F)cc2F)c2c(F)cc(F)cc2F)c(F)c1. The fraction of sp³-hybridized carbons (Fsp3) is 0. The lowest BCUT2D eigenvalue weighted by Crippen LogP contribution is -2.80. The fourth-order valence-corrected chi connectivity index (χ4v) is 4.73. The Morgan fingerprint density at radius 3 is 0.541 bits per heavy atom. The van der Waals surface area contributed by atoms with Crippen LogP contribution in [0.3, 0.4) is 0 Å². The van der Waals surface area contributed by atoms with Crippen LogP contribution >= 0.6 is 0 Å². The highest BCUT2D eigenvalue weighted by Gasteiger charge is 2.46. The van der Waals surface area contributed by atoms with Crippen LogP contribution in [0.5, 0.6) is 0 Å². The molecule has 0 aliphatic rings. The van der Waals surface area contributed by atoms with Crippen molar-refractivity contribution in [2.75, 3.05) is 0 Å². The van der Waals surface area contributed by atoms with E-state index in [4.69, 9.17) is 0 Å². The van der Waals surface area contributed by atoms with Crippen molar-refractivity contribution < 1.29 is 52.7 Å². The van der Waals surface area contributed by atoms with Gasteiger partial charge in [0, 0.05) is 48.5 Å². The highest BCUT2D eigenvalue weighted by atomic mass is 19.2. The van der Waals surface area contributed by atoms with Crippen molar-refractivity contribution in [1.29, 1.82) is 0 Å². The van der Waals surface area contributed by atoms with Gasteiger partial charge in [-0.05, 0) is 0 Å². The highest BCUT2D eigenvalue weighted by molar-refractivity contribution is 7.20. The van der Waals surface area contributed by atoms with Crippen molar-refractivity contribution in [3.05, 3.63) is 118 Å². The van der Waals surface area contributed by atoms with E-state index in [9.17, 15) is 17.6 Å². The lowest BCUT2D eigenvalue weighted by molar-refractivity contribution is 0.545. The van der Waals surface area contributed by atoms with E-state index in [1.54, 1.807) is 0 Å². The van der Waals surface area contributed by atoms with E-state index in [0.717, 1.165) is 0 Å². The number of halogens is 12. The Balaban J connectivity index is 2.46. The molecule has 0 atom stereocenters. The van der Waals surface area contributed by atoms with E-state index in [-0.39, 0.29) is 48.5 Å². The summed E-state index contributed by atoms with van der Waals surface area (Å²) in [7, 11) is 0. The Labute approximate surface area is 199 Å². The molecular formula is C24H8BF12-. The van der Waals surface area contributed by atoms with Crippen molar-refractivity contribution >= 4 is 28.0 Å². The van der Waals surface area contributed by atoms with Crippen LogP contribution in [0.25, 0.3) is 0 Å². The fourth-order valence-electron chi connectivity index (χ4n) is 4.73. The molecule has 4 aromatic rings. The zero-order valence-electron chi connectivity index (χ0n) is 17.7. The van der Waals surface area contributed by atoms with E-state index in [2.05, 4.69) is 0 Å². The van der Waals surface area contributed by atoms with Crippen LogP contribution in [-0.4, -0.2) is 6.15 Å². The zero-order valence-corrected chi connectivity index (χ0v) is 17.7. The maximum atomic E-state index is 15.3. The second-order valence-electron chi connectivity index (χ2n) is 8.00. The second-order valence-corrected chi connectivity index (χ2v) is 8.00. The summed E-state index contributed by atoms with van der Waals surface area (Å²) in [6.45, 7) is 0. The molecule has 0 aliphatic carbocycles. The molecule has 0 saturated carbocycles. The number of hydrogen-bond donors (Lipinski definition) is 0. The largest absolute Gasteiger partial charge is 0.210 e. The molecule has 0 fully saturated rings. The van der Waals surface area contributed by atoms with Crippen molar-refractivity contribution in [1.82, 2.24) is 0 Å². The third-order valence-corrected chi connectivity index (χ3v) is 5.91. The van der Waals surface area contributed by atoms with Gasteiger partial charge >= 0.3 is 0 Å². The van der Waals surface area contributed by atoms with Crippen molar-refractivity contribution in [3.8, 4) is 0 Å². The molecule has 0 unspecified atom stereocenters. The summed E-state index contributed by atoms with van der Waals surface area (Å²) in [5, 5.41) is 0. The van der Waals surface area contributed by atoms with Gasteiger partial charge in [0.1, 0.15) is 29.4 Å². The summed E-state index contributed by atoms with van der Waals surface area (Å²) >= 11 is 0. The molecule has 0 N–H and O–H groups in total. The molecule has 0 aromatic heterocycles. The molecule has 0 spiro atoms. The predicted octanol–water partition coefficient (Wildman–Crippen LogP) is 4.73. The monoisotopic (exact) mass is 535 g/mol. The van der Waals surface area contributed by atoms with E-state index < -0.39 is 97.8 Å². The van der Waals surface area contributed by atoms with E-state index in [0.29, 0.717) is 0 Å². The van der Waals surface area contributed by atoms with Gasteiger partial charge < -0.3 is 0 Å². The number of rotatable bonds is 4. The Bertz CT molecular complexity index is 1240. The Kier molecular flexibility index (Phi) is 6.51. The molecule has 0 amide bonds. The first-order valence-electron chi connectivity index (χ1n) is 10.0. The van der Waals surface area contributed by atoms with Gasteiger partial charge in [0.2, 0.25) is 0 Å². The molecule has 4 rings (SSSR count). The normalized spacial score (nSPS) is 11.8. The molecule has 0 saturated heterocycles. The lowest BCUT2D eigenvalue weighted by Gasteiger charge is -2.44. The molecular weight excluding hydrogens is 527 g/mol. The summed E-state index contributed by atoms with van der Waals surface area (Å²) < 4.78 is 177. The van der Waals surface area contributed by atoms with Gasteiger partial charge in [0.25, 0.3) is 0 Å². The summed E-state index contributed by atoms with van der Waals surface area (Å²) in [6.07, 6.45) is -5.14. The van der Waals surface area contributed by atoms with Gasteiger partial charge in [-0.15, -0.1) is 21.9 Å². The molecule has 13 heteroatoms. The maximum Gasteiger partial charge on any atom is 0.136 e. The summed E-state index contributed by atoms with van der Waals surface area (Å²) in [6, 6.07) is -1.06. The minimum Gasteiger partial charge on any atom is -0.210 e. The van der Waals surface area contributed by atoms with Crippen LogP contribution in [0.4, 0.5) is 52.7 Å². The molecule has 0 nitrogen and oxygen atoms in total. The minimum absolute atomic E-state index is 0.132. The van der Waals surface area contributed by atoms with Crippen molar-refractivity contribution in [2.24, 2.45) is 0 Å². The molecule has 0 heterocycles. The average molecular weight is 535 g/mol. The van der Waals surface area contributed by atoms with Crippen LogP contribution in [0.15, 0.2) is 48.5 Å². The quantitative estimate of drug-likeness (QED) is 0.262. The maximum absolute atomic E-state index is 15.3. The van der Waals surface area contributed by atoms with Gasteiger partial charge in [-0.2, -0.15) is 0 Å². The highest BCUT2D eigenvalue weighted by Crippen LogP contribution is 2.23. The average Bonchev–Trinajstić information content (AvgIpc) is 2.70. The molecule has 0 aliphatic heterocycles. The van der Waals surface area contributed by atoms with Crippen LogP contribution in [0, 0.1) is 69.8 Å². The molecule has 37 heavy (non-hydrogen) atoms. The second kappa shape index (κ2) is 9.20. The van der Waals surface area contributed by atoms with E-state index in [1.165, 1.54) is 0 Å². The van der Waals surface area contributed by atoms with Crippen molar-refractivity contribution in [2.45, 2.75) is 0 Å². The smallest absolute Gasteiger partial charge is 0.136 e. The number of benzene rings is 4. The molecule has 192 valence electrons. The van der Waals surface area contributed by atoms with Gasteiger partial charge in [-0.25, -0.2) is 52.7 Å². The third kappa shape index (κ3) is 4.11. The standard InChI is InChI=1S/C24H8BF12/c26-9-1-13(30)21(14(31)2-9)25(22-15(32)3-10(27)4-16(22)33,23-17(34)5-11(28)6-18(23)35)24-19(36)7-12(29)8-20(24)37/h1-8H/q-1. The van der Waals surface area contributed by atoms with Crippen LogP contribution in [0.1, 0.15) is 0 Å². The molecule has 0 radical (unpaired) electrons. The Morgan fingerprint density at radius 1 is 0.270 bits per heavy atom. The van der Waals surface area contributed by atoms with E-state index >= 15 is 35.1 Å². The Hall–Kier alpha value is -3.90. The minimum atomic E-state index is -5.14. The lowest BCUT2D eigenvalue weighted by atomic mass is 9.12. The first kappa shape index (κ1) is 26.2. The summed E-state index contributed by atoms with van der Waals surface area (Å²) in [5.41, 5.74) is -7.56. The van der Waals surface area contributed by atoms with Gasteiger partial charge in [-0.3, -0.25) is 0 Å². The van der Waals surface area contributed by atoms with Gasteiger partial charge in [0.15, 0.2) is 0 Å². The first-order chi connectivity index (χ1) is 17.3. The molecule has 0 bridgehead atoms. The summed E-state index contributed by atoms with van der Waals surface area (Å²) in [5.74, 6) is -23.8. The third-order valence-electron chi connectivity index (χ3n) is 5.91. The van der Waals surface area contributed by atoms with Crippen molar-refractivity contribution in [3.63, 3.8) is 0 Å². The Morgan fingerprint density at radius 2 is 0.405 bits per heavy atom. The number of hydrogen-bond acceptors (Lipinski definition) is 0. The van der Waals surface area contributed by atoms with Crippen LogP contribution in [0.2, 0.25) is 0 Å². The van der Waals surface area contributed by atoms with Gasteiger partial charge in [0.05, 0.1) is 46.5 Å². The van der Waals surface area contributed by atoms with Crippen LogP contribution in [-0.2, 0) is 0 Å². The predicted molar refractivity (Wildman–Crippen MR) is 110 cm³/mol.